The zero-order valence-corrected chi connectivity index (χ0v) is 4.70. The Morgan fingerprint density at radius 3 is 3.00 bits per heavy atom. The average Bonchev–Trinajstić information content (AvgIpc) is 1.90. The molecule has 0 saturated carbocycles. The van der Waals surface area contributed by atoms with E-state index >= 15 is 0 Å². The van der Waals surface area contributed by atoms with Gasteiger partial charge in [0.15, 0.2) is 0 Å². The lowest BCUT2D eigenvalue weighted by atomic mass is 10.3. The van der Waals surface area contributed by atoms with E-state index < -0.39 is 12.1 Å². The summed E-state index contributed by atoms with van der Waals surface area (Å²) in [5.41, 5.74) is 0. The minimum Gasteiger partial charge on any atom is -0.483 e. The Hall–Kier alpha value is -1.19. The van der Waals surface area contributed by atoms with Crippen molar-refractivity contribution in [2.24, 2.45) is 0 Å². The molecule has 0 amide bonds. The van der Waals surface area contributed by atoms with E-state index in [0.29, 0.717) is 6.54 Å². The Kier molecular flexibility index (Phi) is 1.58. The standard InChI is InChI=1S/C5H7NO3/c7-5(8)4-3-6-1-2-9-4/h1-2,4,6H,3H2,(H,7,8). The lowest BCUT2D eigenvalue weighted by molar-refractivity contribution is -0.147. The molecule has 1 atom stereocenters. The van der Waals surface area contributed by atoms with Gasteiger partial charge in [0, 0.05) is 6.20 Å². The first-order valence-corrected chi connectivity index (χ1v) is 2.57. The summed E-state index contributed by atoms with van der Waals surface area (Å²) in [5, 5.41) is 11.1. The number of nitrogens with one attached hydrogen (secondary N) is 1. The van der Waals surface area contributed by atoms with Crippen LogP contribution in [0.15, 0.2) is 12.5 Å². The maximum absolute atomic E-state index is 10.2. The van der Waals surface area contributed by atoms with E-state index in [1.165, 1.54) is 6.26 Å². The molecule has 50 valence electrons. The van der Waals surface area contributed by atoms with Crippen molar-refractivity contribution in [1.82, 2.24) is 5.32 Å². The van der Waals surface area contributed by atoms with Crippen molar-refractivity contribution >= 4 is 5.97 Å². The van der Waals surface area contributed by atoms with Crippen molar-refractivity contribution in [2.75, 3.05) is 6.54 Å². The fourth-order valence-electron chi connectivity index (χ4n) is 0.551. The first kappa shape index (κ1) is 5.94. The van der Waals surface area contributed by atoms with Crippen LogP contribution in [0.2, 0.25) is 0 Å². The Bertz CT molecular complexity index is 143. The van der Waals surface area contributed by atoms with Crippen LogP contribution in [-0.2, 0) is 9.53 Å². The van der Waals surface area contributed by atoms with Crippen LogP contribution in [0.25, 0.3) is 0 Å². The van der Waals surface area contributed by atoms with Crippen LogP contribution in [0.4, 0.5) is 0 Å². The quantitative estimate of drug-likeness (QED) is 0.502. The first-order valence-electron chi connectivity index (χ1n) is 2.57. The van der Waals surface area contributed by atoms with Crippen LogP contribution in [0.3, 0.4) is 0 Å². The van der Waals surface area contributed by atoms with Gasteiger partial charge in [-0.05, 0) is 0 Å². The average molecular weight is 129 g/mol. The predicted molar refractivity (Wildman–Crippen MR) is 29.7 cm³/mol. The van der Waals surface area contributed by atoms with Crippen LogP contribution >= 0.6 is 0 Å². The molecule has 0 spiro atoms. The molecule has 1 unspecified atom stereocenters. The zero-order chi connectivity index (χ0) is 6.69. The van der Waals surface area contributed by atoms with Gasteiger partial charge < -0.3 is 15.2 Å². The van der Waals surface area contributed by atoms with E-state index in [-0.39, 0.29) is 0 Å². The highest BCUT2D eigenvalue weighted by Crippen LogP contribution is 1.95. The molecule has 1 aliphatic rings. The van der Waals surface area contributed by atoms with Crippen molar-refractivity contribution in [1.29, 1.82) is 0 Å². The van der Waals surface area contributed by atoms with Gasteiger partial charge in [-0.3, -0.25) is 0 Å². The van der Waals surface area contributed by atoms with Gasteiger partial charge in [0.2, 0.25) is 6.10 Å². The largest absolute Gasteiger partial charge is 0.483 e. The van der Waals surface area contributed by atoms with Gasteiger partial charge >= 0.3 is 5.97 Å². The molecule has 0 aliphatic carbocycles. The number of rotatable bonds is 1. The van der Waals surface area contributed by atoms with E-state index in [1.54, 1.807) is 6.20 Å². The summed E-state index contributed by atoms with van der Waals surface area (Å²) in [4.78, 5) is 10.2. The molecule has 0 bridgehead atoms. The SMILES string of the molecule is O=C(O)C1CNC=CO1. The van der Waals surface area contributed by atoms with Crippen molar-refractivity contribution in [2.45, 2.75) is 6.10 Å². The zero-order valence-electron chi connectivity index (χ0n) is 4.70. The number of hydrogen-bond donors (Lipinski definition) is 2. The van der Waals surface area contributed by atoms with Gasteiger partial charge in [-0.1, -0.05) is 0 Å². The first-order chi connectivity index (χ1) is 4.30. The van der Waals surface area contributed by atoms with Crippen LogP contribution in [0, 0.1) is 0 Å². The Balaban J connectivity index is 2.44. The van der Waals surface area contributed by atoms with E-state index in [1.807, 2.05) is 0 Å². The minimum atomic E-state index is -0.938. The molecule has 0 aromatic carbocycles. The van der Waals surface area contributed by atoms with Gasteiger partial charge in [-0.25, -0.2) is 4.79 Å². The molecule has 1 heterocycles. The van der Waals surface area contributed by atoms with Crippen LogP contribution in [0.5, 0.6) is 0 Å². The van der Waals surface area contributed by atoms with Crippen molar-refractivity contribution in [3.8, 4) is 0 Å². The fourth-order valence-corrected chi connectivity index (χ4v) is 0.551. The highest BCUT2D eigenvalue weighted by atomic mass is 16.5. The van der Waals surface area contributed by atoms with Crippen molar-refractivity contribution < 1.29 is 14.6 Å². The smallest absolute Gasteiger partial charge is 0.346 e. The third-order valence-electron chi connectivity index (χ3n) is 1.01. The fraction of sp³-hybridized carbons (Fsp3) is 0.400. The molecule has 0 saturated heterocycles. The van der Waals surface area contributed by atoms with Crippen LogP contribution in [0.1, 0.15) is 0 Å². The summed E-state index contributed by atoms with van der Waals surface area (Å²) >= 11 is 0. The molecular formula is C5H7NO3. The summed E-state index contributed by atoms with van der Waals surface area (Å²) in [6.07, 6.45) is 2.18. The van der Waals surface area contributed by atoms with Gasteiger partial charge in [0.05, 0.1) is 12.8 Å². The molecule has 0 radical (unpaired) electrons. The summed E-state index contributed by atoms with van der Waals surface area (Å²) in [6, 6.07) is 0. The molecule has 4 heteroatoms. The number of ether oxygens (including phenoxy) is 1. The summed E-state index contributed by atoms with van der Waals surface area (Å²) in [6.45, 7) is 0.339. The maximum Gasteiger partial charge on any atom is 0.346 e. The lowest BCUT2D eigenvalue weighted by Crippen LogP contribution is -2.34. The van der Waals surface area contributed by atoms with Crippen LogP contribution < -0.4 is 5.32 Å². The molecule has 9 heavy (non-hydrogen) atoms. The third-order valence-corrected chi connectivity index (χ3v) is 1.01. The normalized spacial score (nSPS) is 24.2. The second-order valence-corrected chi connectivity index (χ2v) is 1.67. The minimum absolute atomic E-state index is 0.339. The summed E-state index contributed by atoms with van der Waals surface area (Å²) in [5.74, 6) is -0.938. The Morgan fingerprint density at radius 1 is 1.89 bits per heavy atom. The van der Waals surface area contributed by atoms with Crippen molar-refractivity contribution in [3.05, 3.63) is 12.5 Å². The Morgan fingerprint density at radius 2 is 2.67 bits per heavy atom. The number of carbonyl (C=O) groups is 1. The number of carboxylic acids is 1. The summed E-state index contributed by atoms with van der Waals surface area (Å²) in [7, 11) is 0. The summed E-state index contributed by atoms with van der Waals surface area (Å²) < 4.78 is 4.70. The topological polar surface area (TPSA) is 58.6 Å². The van der Waals surface area contributed by atoms with E-state index in [4.69, 9.17) is 9.84 Å². The molecule has 1 rings (SSSR count). The van der Waals surface area contributed by atoms with Gasteiger partial charge in [0.1, 0.15) is 0 Å². The lowest BCUT2D eigenvalue weighted by Gasteiger charge is -2.15. The highest BCUT2D eigenvalue weighted by Gasteiger charge is 2.17. The third kappa shape index (κ3) is 1.35. The molecule has 0 fully saturated rings. The molecule has 4 nitrogen and oxygen atoms in total. The molecule has 2 N–H and O–H groups in total. The highest BCUT2D eigenvalue weighted by molar-refractivity contribution is 5.72. The predicted octanol–water partition coefficient (Wildman–Crippen LogP) is -0.469. The second kappa shape index (κ2) is 2.39. The maximum atomic E-state index is 10.2. The van der Waals surface area contributed by atoms with Crippen molar-refractivity contribution in [3.63, 3.8) is 0 Å². The monoisotopic (exact) mass is 129 g/mol. The molecule has 0 aromatic heterocycles. The van der Waals surface area contributed by atoms with Gasteiger partial charge in [0.25, 0.3) is 0 Å². The molecule has 1 aliphatic heterocycles. The van der Waals surface area contributed by atoms with E-state index in [2.05, 4.69) is 5.32 Å². The molecular weight excluding hydrogens is 122 g/mol. The molecule has 0 aromatic rings. The van der Waals surface area contributed by atoms with Gasteiger partial charge in [-0.15, -0.1) is 0 Å². The van der Waals surface area contributed by atoms with Crippen LogP contribution in [-0.4, -0.2) is 23.7 Å². The number of aliphatic carboxylic acids is 1. The van der Waals surface area contributed by atoms with E-state index in [9.17, 15) is 4.79 Å². The van der Waals surface area contributed by atoms with E-state index in [0.717, 1.165) is 0 Å². The van der Waals surface area contributed by atoms with Gasteiger partial charge in [-0.2, -0.15) is 0 Å². The Labute approximate surface area is 52.1 Å². The second-order valence-electron chi connectivity index (χ2n) is 1.67. The number of carboxylic acid groups (broad SMARTS) is 1. The number of hydrogen-bond acceptors (Lipinski definition) is 3.